The van der Waals surface area contributed by atoms with Crippen LogP contribution in [0.1, 0.15) is 11.3 Å². The number of rotatable bonds is 3. The van der Waals surface area contributed by atoms with Crippen LogP contribution < -0.4 is 9.47 Å². The molecule has 0 amide bonds. The summed E-state index contributed by atoms with van der Waals surface area (Å²) in [5.41, 5.74) is 2.06. The maximum absolute atomic E-state index is 5.32. The van der Waals surface area contributed by atoms with Crippen molar-refractivity contribution >= 4 is 11.8 Å². The van der Waals surface area contributed by atoms with Gasteiger partial charge in [0, 0.05) is 5.75 Å². The molecule has 0 saturated carbocycles. The minimum absolute atomic E-state index is 0.310. The number of hydrogen-bond acceptors (Lipinski definition) is 5. The average molecular weight is 249 g/mol. The lowest BCUT2D eigenvalue weighted by Crippen LogP contribution is -1.92. The first-order valence-electron chi connectivity index (χ1n) is 5.25. The zero-order chi connectivity index (χ0) is 11.7. The summed E-state index contributed by atoms with van der Waals surface area (Å²) in [5, 5.41) is 0.695. The molecule has 4 nitrogen and oxygen atoms in total. The molecular weight excluding hydrogens is 238 g/mol. The molecule has 2 heterocycles. The Kier molecular flexibility index (Phi) is 2.68. The van der Waals surface area contributed by atoms with E-state index in [1.54, 1.807) is 18.0 Å². The molecule has 1 aliphatic rings. The monoisotopic (exact) mass is 249 g/mol. The van der Waals surface area contributed by atoms with Crippen LogP contribution in [0.4, 0.5) is 0 Å². The second-order valence-corrected chi connectivity index (χ2v) is 4.66. The largest absolute Gasteiger partial charge is 0.454 e. The van der Waals surface area contributed by atoms with Crippen molar-refractivity contribution in [2.45, 2.75) is 17.9 Å². The predicted octanol–water partition coefficient (Wildman–Crippen LogP) is 3.00. The SMILES string of the molecule is Cc1coc(SCc2ccc3c(c2)OCO3)n1. The Hall–Kier alpha value is -1.62. The number of aromatic nitrogens is 1. The summed E-state index contributed by atoms with van der Waals surface area (Å²) in [6.07, 6.45) is 1.65. The van der Waals surface area contributed by atoms with Crippen LogP contribution in [-0.4, -0.2) is 11.8 Å². The topological polar surface area (TPSA) is 44.5 Å². The number of thioether (sulfide) groups is 1. The van der Waals surface area contributed by atoms with E-state index in [9.17, 15) is 0 Å². The molecule has 1 aromatic carbocycles. The number of nitrogens with zero attached hydrogens (tertiary/aromatic N) is 1. The van der Waals surface area contributed by atoms with Crippen molar-refractivity contribution in [2.24, 2.45) is 0 Å². The smallest absolute Gasteiger partial charge is 0.256 e. The highest BCUT2D eigenvalue weighted by Gasteiger charge is 2.13. The van der Waals surface area contributed by atoms with E-state index in [1.807, 2.05) is 25.1 Å². The van der Waals surface area contributed by atoms with Gasteiger partial charge in [-0.1, -0.05) is 17.8 Å². The van der Waals surface area contributed by atoms with E-state index in [2.05, 4.69) is 4.98 Å². The van der Waals surface area contributed by atoms with E-state index in [4.69, 9.17) is 13.9 Å². The van der Waals surface area contributed by atoms with Crippen molar-refractivity contribution in [1.29, 1.82) is 0 Å². The van der Waals surface area contributed by atoms with Crippen molar-refractivity contribution in [3.05, 3.63) is 35.7 Å². The van der Waals surface area contributed by atoms with Crippen LogP contribution in [-0.2, 0) is 5.75 Å². The van der Waals surface area contributed by atoms with Crippen molar-refractivity contribution in [3.63, 3.8) is 0 Å². The molecule has 0 bridgehead atoms. The standard InChI is InChI=1S/C12H11NO3S/c1-8-5-14-12(13-8)17-6-9-2-3-10-11(4-9)16-7-15-10/h2-5H,6-7H2,1H3. The number of oxazole rings is 1. The third-order valence-corrected chi connectivity index (χ3v) is 3.31. The highest BCUT2D eigenvalue weighted by molar-refractivity contribution is 7.98. The van der Waals surface area contributed by atoms with Gasteiger partial charge < -0.3 is 13.9 Å². The molecule has 0 atom stereocenters. The number of benzene rings is 1. The Balaban J connectivity index is 1.69. The van der Waals surface area contributed by atoms with Gasteiger partial charge in [-0.25, -0.2) is 4.98 Å². The molecular formula is C12H11NO3S. The van der Waals surface area contributed by atoms with Crippen LogP contribution in [0.3, 0.4) is 0 Å². The molecule has 0 saturated heterocycles. The van der Waals surface area contributed by atoms with Crippen LogP contribution in [0.25, 0.3) is 0 Å². The van der Waals surface area contributed by atoms with E-state index in [1.165, 1.54) is 0 Å². The van der Waals surface area contributed by atoms with Crippen molar-refractivity contribution in [2.75, 3.05) is 6.79 Å². The van der Waals surface area contributed by atoms with Gasteiger partial charge in [-0.3, -0.25) is 0 Å². The molecule has 0 fully saturated rings. The van der Waals surface area contributed by atoms with Gasteiger partial charge in [0.25, 0.3) is 5.22 Å². The maximum atomic E-state index is 5.32. The second kappa shape index (κ2) is 4.33. The van der Waals surface area contributed by atoms with Crippen molar-refractivity contribution in [1.82, 2.24) is 4.98 Å². The van der Waals surface area contributed by atoms with Gasteiger partial charge in [0.05, 0.1) is 5.69 Å². The Labute approximate surface area is 103 Å². The molecule has 0 spiro atoms. The van der Waals surface area contributed by atoms with Gasteiger partial charge in [0.15, 0.2) is 11.5 Å². The normalized spacial score (nSPS) is 13.0. The van der Waals surface area contributed by atoms with Crippen LogP contribution >= 0.6 is 11.8 Å². The van der Waals surface area contributed by atoms with Gasteiger partial charge in [-0.05, 0) is 24.6 Å². The van der Waals surface area contributed by atoms with Crippen LogP contribution in [0.2, 0.25) is 0 Å². The first-order chi connectivity index (χ1) is 8.31. The fraction of sp³-hybridized carbons (Fsp3) is 0.250. The average Bonchev–Trinajstić information content (AvgIpc) is 2.94. The van der Waals surface area contributed by atoms with Crippen LogP contribution in [0.5, 0.6) is 11.5 Å². The Bertz CT molecular complexity index is 538. The molecule has 0 radical (unpaired) electrons. The van der Waals surface area contributed by atoms with E-state index in [0.717, 1.165) is 28.5 Å². The summed E-state index contributed by atoms with van der Waals surface area (Å²) < 4.78 is 15.9. The first kappa shape index (κ1) is 10.5. The predicted molar refractivity (Wildman–Crippen MR) is 63.4 cm³/mol. The number of fused-ring (bicyclic) bond motifs is 1. The van der Waals surface area contributed by atoms with Gasteiger partial charge in [-0.2, -0.15) is 0 Å². The second-order valence-electron chi connectivity index (χ2n) is 3.73. The summed E-state index contributed by atoms with van der Waals surface area (Å²) in [4.78, 5) is 4.24. The lowest BCUT2D eigenvalue weighted by molar-refractivity contribution is 0.174. The number of ether oxygens (including phenoxy) is 2. The molecule has 17 heavy (non-hydrogen) atoms. The Morgan fingerprint density at radius 1 is 1.29 bits per heavy atom. The highest BCUT2D eigenvalue weighted by atomic mass is 32.2. The third kappa shape index (κ3) is 2.24. The van der Waals surface area contributed by atoms with Gasteiger partial charge >= 0.3 is 0 Å². The molecule has 88 valence electrons. The first-order valence-corrected chi connectivity index (χ1v) is 6.23. The lowest BCUT2D eigenvalue weighted by atomic mass is 10.2. The molecule has 3 rings (SSSR count). The quantitative estimate of drug-likeness (QED) is 0.782. The highest BCUT2D eigenvalue weighted by Crippen LogP contribution is 2.34. The summed E-state index contributed by atoms with van der Waals surface area (Å²) in [5.74, 6) is 2.42. The van der Waals surface area contributed by atoms with Gasteiger partial charge in [-0.15, -0.1) is 0 Å². The molecule has 0 aliphatic carbocycles. The number of aryl methyl sites for hydroxylation is 1. The Morgan fingerprint density at radius 2 is 2.18 bits per heavy atom. The zero-order valence-electron chi connectivity index (χ0n) is 9.30. The van der Waals surface area contributed by atoms with E-state index >= 15 is 0 Å². The zero-order valence-corrected chi connectivity index (χ0v) is 10.1. The third-order valence-electron chi connectivity index (χ3n) is 2.40. The van der Waals surface area contributed by atoms with Crippen molar-refractivity contribution in [3.8, 4) is 11.5 Å². The van der Waals surface area contributed by atoms with Crippen LogP contribution in [0, 0.1) is 6.92 Å². The minimum atomic E-state index is 0.310. The fourth-order valence-corrected chi connectivity index (χ4v) is 2.37. The lowest BCUT2D eigenvalue weighted by Gasteiger charge is -2.00. The molecule has 2 aromatic rings. The van der Waals surface area contributed by atoms with E-state index in [-0.39, 0.29) is 0 Å². The van der Waals surface area contributed by atoms with Gasteiger partial charge in [0.1, 0.15) is 6.26 Å². The minimum Gasteiger partial charge on any atom is -0.454 e. The maximum Gasteiger partial charge on any atom is 0.256 e. The summed E-state index contributed by atoms with van der Waals surface area (Å²) >= 11 is 1.57. The van der Waals surface area contributed by atoms with Crippen LogP contribution in [0.15, 0.2) is 34.1 Å². The molecule has 0 N–H and O–H groups in total. The summed E-state index contributed by atoms with van der Waals surface area (Å²) in [7, 11) is 0. The summed E-state index contributed by atoms with van der Waals surface area (Å²) in [6, 6.07) is 5.94. The molecule has 1 aliphatic heterocycles. The van der Waals surface area contributed by atoms with Crippen molar-refractivity contribution < 1.29 is 13.9 Å². The number of hydrogen-bond donors (Lipinski definition) is 0. The molecule has 1 aromatic heterocycles. The molecule has 5 heteroatoms. The van der Waals surface area contributed by atoms with Gasteiger partial charge in [0.2, 0.25) is 6.79 Å². The van der Waals surface area contributed by atoms with E-state index in [0.29, 0.717) is 12.0 Å². The van der Waals surface area contributed by atoms with E-state index < -0.39 is 0 Å². The fourth-order valence-electron chi connectivity index (χ4n) is 1.57. The molecule has 0 unspecified atom stereocenters. The summed E-state index contributed by atoms with van der Waals surface area (Å²) in [6.45, 7) is 2.22. The Morgan fingerprint density at radius 3 is 3.00 bits per heavy atom.